The second-order valence-corrected chi connectivity index (χ2v) is 10.5. The van der Waals surface area contributed by atoms with Crippen molar-refractivity contribution in [1.82, 2.24) is 9.88 Å². The van der Waals surface area contributed by atoms with Crippen LogP contribution in [0, 0.1) is 5.82 Å². The number of nitrogens with zero attached hydrogens (tertiary/aromatic N) is 2. The summed E-state index contributed by atoms with van der Waals surface area (Å²) in [6, 6.07) is 27.2. The molecule has 1 heterocycles. The molecule has 0 fully saturated rings. The number of carbonyl (C=O) groups is 1. The fourth-order valence-corrected chi connectivity index (χ4v) is 4.85. The van der Waals surface area contributed by atoms with Crippen LogP contribution in [0.15, 0.2) is 91.0 Å². The number of aromatic nitrogens is 1. The van der Waals surface area contributed by atoms with Crippen LogP contribution in [0.3, 0.4) is 0 Å². The molecule has 0 unspecified atom stereocenters. The van der Waals surface area contributed by atoms with E-state index in [1.807, 2.05) is 0 Å². The van der Waals surface area contributed by atoms with Crippen molar-refractivity contribution in [2.45, 2.75) is 32.7 Å². The molecule has 4 N–H and O–H groups in total. The summed E-state index contributed by atoms with van der Waals surface area (Å²) in [5.74, 6) is 0.453. The van der Waals surface area contributed by atoms with Crippen molar-refractivity contribution < 1.29 is 13.9 Å². The van der Waals surface area contributed by atoms with Crippen molar-refractivity contribution >= 4 is 29.0 Å². The Morgan fingerprint density at radius 3 is 2.16 bits per heavy atom. The summed E-state index contributed by atoms with van der Waals surface area (Å²) in [5, 5.41) is 5.57. The van der Waals surface area contributed by atoms with Crippen LogP contribution < -0.4 is 16.4 Å². The van der Waals surface area contributed by atoms with Crippen molar-refractivity contribution in [3.63, 3.8) is 0 Å². The molecule has 1 aromatic heterocycles. The molecule has 7 nitrogen and oxygen atoms in total. The third-order valence-electron chi connectivity index (χ3n) is 7.03. The molecule has 1 aliphatic carbocycles. The van der Waals surface area contributed by atoms with E-state index in [0.29, 0.717) is 18.1 Å². The molecule has 1 aliphatic rings. The number of nitrogen functional groups attached to an aromatic ring is 1. The van der Waals surface area contributed by atoms with Crippen molar-refractivity contribution in [2.75, 3.05) is 43.6 Å². The van der Waals surface area contributed by atoms with Crippen molar-refractivity contribution in [2.24, 2.45) is 0 Å². The van der Waals surface area contributed by atoms with Gasteiger partial charge in [-0.25, -0.2) is 14.2 Å². The van der Waals surface area contributed by atoms with Gasteiger partial charge in [-0.2, -0.15) is 0 Å². The maximum Gasteiger partial charge on any atom is 0.411 e. The first-order valence-electron chi connectivity index (χ1n) is 14.5. The van der Waals surface area contributed by atoms with Gasteiger partial charge in [-0.1, -0.05) is 66.7 Å². The SMILES string of the molecule is CCOC(=O)Nc1ccc(NCc2ccc(F)cc2)nc1N.CN(C)CCC=C1c2ccccc2CCc2ccccc21. The van der Waals surface area contributed by atoms with Gasteiger partial charge < -0.3 is 20.7 Å². The molecule has 8 heteroatoms. The molecule has 224 valence electrons. The van der Waals surface area contributed by atoms with Crippen molar-refractivity contribution in [3.8, 4) is 0 Å². The molecular weight excluding hydrogens is 541 g/mol. The normalized spacial score (nSPS) is 11.8. The van der Waals surface area contributed by atoms with E-state index in [1.54, 1.807) is 31.2 Å². The lowest BCUT2D eigenvalue weighted by Crippen LogP contribution is -2.15. The second kappa shape index (κ2) is 15.5. The molecular formula is C35H40FN5O2. The highest BCUT2D eigenvalue weighted by Gasteiger charge is 2.17. The highest BCUT2D eigenvalue weighted by molar-refractivity contribution is 5.88. The van der Waals surface area contributed by atoms with Gasteiger partial charge in [-0.15, -0.1) is 0 Å². The van der Waals surface area contributed by atoms with Crippen molar-refractivity contribution in [3.05, 3.63) is 125 Å². The molecule has 4 aromatic rings. The first kappa shape index (κ1) is 31.3. The van der Waals surface area contributed by atoms with Crippen LogP contribution in [0.1, 0.15) is 41.2 Å². The van der Waals surface area contributed by atoms with E-state index in [9.17, 15) is 9.18 Å². The quantitative estimate of drug-likeness (QED) is 0.205. The average Bonchev–Trinajstić information content (AvgIpc) is 3.15. The number of benzene rings is 3. The first-order chi connectivity index (χ1) is 20.8. The third kappa shape index (κ3) is 9.15. The molecule has 0 saturated heterocycles. The van der Waals surface area contributed by atoms with Gasteiger partial charge in [0.15, 0.2) is 0 Å². The molecule has 43 heavy (non-hydrogen) atoms. The monoisotopic (exact) mass is 581 g/mol. The maximum absolute atomic E-state index is 12.8. The fraction of sp³-hybridized carbons (Fsp3) is 0.257. The van der Waals surface area contributed by atoms with E-state index in [4.69, 9.17) is 10.5 Å². The number of carbonyl (C=O) groups excluding carboxylic acids is 1. The van der Waals surface area contributed by atoms with Gasteiger partial charge in [-0.05, 0) is 97.9 Å². The molecule has 0 atom stereocenters. The molecule has 3 aromatic carbocycles. The number of nitrogens with two attached hydrogens (primary N) is 1. The summed E-state index contributed by atoms with van der Waals surface area (Å²) in [6.45, 7) is 3.56. The number of rotatable bonds is 8. The second-order valence-electron chi connectivity index (χ2n) is 10.5. The topological polar surface area (TPSA) is 92.5 Å². The Hall–Kier alpha value is -4.69. The van der Waals surface area contributed by atoms with E-state index < -0.39 is 6.09 Å². The zero-order valence-corrected chi connectivity index (χ0v) is 25.1. The molecule has 0 radical (unpaired) electrons. The lowest BCUT2D eigenvalue weighted by atomic mass is 9.93. The van der Waals surface area contributed by atoms with Gasteiger partial charge in [0.25, 0.3) is 0 Å². The summed E-state index contributed by atoms with van der Waals surface area (Å²) in [7, 11) is 4.26. The standard InChI is InChI=1S/C20H23N.C15H17FN4O2/c1-21(2)15-7-12-20-18-10-5-3-8-16(18)13-14-17-9-4-6-11-19(17)20;1-2-22-15(21)19-12-7-8-13(20-14(12)17)18-9-10-3-5-11(16)6-4-10/h3-6,8-12H,7,13-15H2,1-2H3;3-8H,2,9H2,1H3,(H,19,21)(H3,17,18,20). The van der Waals surface area contributed by atoms with Crippen LogP contribution in [-0.2, 0) is 24.1 Å². The Kier molecular flexibility index (Phi) is 11.3. The number of nitrogens with one attached hydrogen (secondary N) is 2. The van der Waals surface area contributed by atoms with Crippen LogP contribution in [0.25, 0.3) is 5.57 Å². The smallest absolute Gasteiger partial charge is 0.411 e. The summed E-state index contributed by atoms with van der Waals surface area (Å²) in [5.41, 5.74) is 14.3. The van der Waals surface area contributed by atoms with Gasteiger partial charge in [0.1, 0.15) is 17.5 Å². The number of aryl methyl sites for hydroxylation is 2. The van der Waals surface area contributed by atoms with Crippen LogP contribution in [0.4, 0.5) is 26.5 Å². The Balaban J connectivity index is 0.000000197. The van der Waals surface area contributed by atoms with Crippen LogP contribution in [0.5, 0.6) is 0 Å². The minimum Gasteiger partial charge on any atom is -0.450 e. The number of hydrogen-bond acceptors (Lipinski definition) is 6. The molecule has 0 saturated carbocycles. The highest BCUT2D eigenvalue weighted by Crippen LogP contribution is 2.33. The number of ether oxygens (including phenoxy) is 1. The van der Waals surface area contributed by atoms with Crippen LogP contribution in [0.2, 0.25) is 0 Å². The summed E-state index contributed by atoms with van der Waals surface area (Å²) < 4.78 is 17.6. The third-order valence-corrected chi connectivity index (χ3v) is 7.03. The predicted octanol–water partition coefficient (Wildman–Crippen LogP) is 7.15. The number of hydrogen-bond donors (Lipinski definition) is 3. The highest BCUT2D eigenvalue weighted by atomic mass is 19.1. The molecule has 0 bridgehead atoms. The Bertz CT molecular complexity index is 1490. The zero-order chi connectivity index (χ0) is 30.6. The van der Waals surface area contributed by atoms with E-state index in [0.717, 1.165) is 31.4 Å². The zero-order valence-electron chi connectivity index (χ0n) is 25.1. The number of anilines is 3. The van der Waals surface area contributed by atoms with Crippen LogP contribution in [-0.4, -0.2) is 43.2 Å². The Morgan fingerprint density at radius 2 is 1.58 bits per heavy atom. The lowest BCUT2D eigenvalue weighted by molar-refractivity contribution is 0.168. The predicted molar refractivity (Wildman–Crippen MR) is 174 cm³/mol. The van der Waals surface area contributed by atoms with Gasteiger partial charge in [0.05, 0.1) is 12.3 Å². The lowest BCUT2D eigenvalue weighted by Gasteiger charge is -2.13. The molecule has 1 amide bonds. The molecule has 0 spiro atoms. The largest absolute Gasteiger partial charge is 0.450 e. The van der Waals surface area contributed by atoms with E-state index >= 15 is 0 Å². The molecule has 0 aliphatic heterocycles. The first-order valence-corrected chi connectivity index (χ1v) is 14.5. The van der Waals surface area contributed by atoms with E-state index in [-0.39, 0.29) is 18.2 Å². The van der Waals surface area contributed by atoms with Gasteiger partial charge in [0.2, 0.25) is 0 Å². The Morgan fingerprint density at radius 1 is 0.953 bits per heavy atom. The summed E-state index contributed by atoms with van der Waals surface area (Å²) in [4.78, 5) is 17.7. The van der Waals surface area contributed by atoms with E-state index in [2.05, 4.69) is 89.2 Å². The average molecular weight is 582 g/mol. The minimum absolute atomic E-state index is 0.178. The molecule has 5 rings (SSSR count). The minimum atomic E-state index is -0.581. The van der Waals surface area contributed by atoms with Gasteiger partial charge >= 0.3 is 6.09 Å². The number of fused-ring (bicyclic) bond motifs is 2. The maximum atomic E-state index is 12.8. The van der Waals surface area contributed by atoms with Gasteiger partial charge in [0, 0.05) is 13.1 Å². The summed E-state index contributed by atoms with van der Waals surface area (Å²) >= 11 is 0. The van der Waals surface area contributed by atoms with Crippen LogP contribution >= 0.6 is 0 Å². The fourth-order valence-electron chi connectivity index (χ4n) is 4.85. The number of pyridine rings is 1. The van der Waals surface area contributed by atoms with Gasteiger partial charge in [-0.3, -0.25) is 5.32 Å². The summed E-state index contributed by atoms with van der Waals surface area (Å²) in [6.07, 6.45) is 5.20. The van der Waals surface area contributed by atoms with Crippen molar-refractivity contribution in [1.29, 1.82) is 0 Å². The number of amides is 1. The Labute approximate surface area is 253 Å². The van der Waals surface area contributed by atoms with E-state index in [1.165, 1.54) is 40.0 Å². The number of halogens is 1.